The van der Waals surface area contributed by atoms with Crippen LogP contribution in [-0.2, 0) is 6.18 Å². The van der Waals surface area contributed by atoms with Gasteiger partial charge in [-0.15, -0.1) is 0 Å². The first-order valence-corrected chi connectivity index (χ1v) is 7.50. The average Bonchev–Trinajstić information content (AvgIpc) is 2.59. The van der Waals surface area contributed by atoms with Gasteiger partial charge < -0.3 is 19.8 Å². The molecule has 0 spiro atoms. The quantitative estimate of drug-likeness (QED) is 0.848. The molecule has 1 heterocycles. The summed E-state index contributed by atoms with van der Waals surface area (Å²) < 4.78 is 48.1. The molecule has 2 rings (SSSR count). The number of ether oxygens (including phenoxy) is 2. The molecule has 2 N–H and O–H groups in total. The summed E-state index contributed by atoms with van der Waals surface area (Å²) in [5, 5.41) is 2.56. The molecule has 0 aliphatic rings. The zero-order chi connectivity index (χ0) is 19.5. The summed E-state index contributed by atoms with van der Waals surface area (Å²) in [7, 11) is 2.94. The first-order chi connectivity index (χ1) is 12.2. The number of carbonyl (C=O) groups is 1. The Kier molecular flexibility index (Phi) is 5.59. The van der Waals surface area contributed by atoms with Crippen molar-refractivity contribution in [3.63, 3.8) is 0 Å². The van der Waals surface area contributed by atoms with Crippen LogP contribution in [0.25, 0.3) is 0 Å². The lowest BCUT2D eigenvalue weighted by Gasteiger charge is -2.18. The Bertz CT molecular complexity index is 862. The highest BCUT2D eigenvalue weighted by Crippen LogP contribution is 2.29. The smallest absolute Gasteiger partial charge is 0.431 e. The van der Waals surface area contributed by atoms with Crippen molar-refractivity contribution in [3.05, 3.63) is 57.5 Å². The standard InChI is InChI=1S/C17H17F3N2O4/c1-9(12-8-10(25-2)4-6-13(12)26-3)21-15(23)11-5-7-14(17(18,19)20)22-16(11)24/h4-9H,1-3H3,(H,21,23)(H,22,24)/t9-/m1/s1. The molecular weight excluding hydrogens is 353 g/mol. The van der Waals surface area contributed by atoms with Gasteiger partial charge in [0.2, 0.25) is 0 Å². The molecule has 6 nitrogen and oxygen atoms in total. The second-order valence-electron chi connectivity index (χ2n) is 5.42. The highest BCUT2D eigenvalue weighted by molar-refractivity contribution is 5.94. The lowest BCUT2D eigenvalue weighted by Crippen LogP contribution is -2.32. The van der Waals surface area contributed by atoms with Crippen LogP contribution in [0, 0.1) is 0 Å². The number of methoxy groups -OCH3 is 2. The molecule has 1 aromatic carbocycles. The van der Waals surface area contributed by atoms with Gasteiger partial charge in [0.25, 0.3) is 11.5 Å². The highest BCUT2D eigenvalue weighted by Gasteiger charge is 2.32. The third kappa shape index (κ3) is 4.16. The van der Waals surface area contributed by atoms with E-state index >= 15 is 0 Å². The summed E-state index contributed by atoms with van der Waals surface area (Å²) in [5.74, 6) is 0.214. The van der Waals surface area contributed by atoms with Crippen molar-refractivity contribution in [1.29, 1.82) is 0 Å². The Morgan fingerprint density at radius 1 is 1.15 bits per heavy atom. The summed E-state index contributed by atoms with van der Waals surface area (Å²) in [6, 6.07) is 5.88. The van der Waals surface area contributed by atoms with Crippen molar-refractivity contribution < 1.29 is 27.4 Å². The third-order valence-corrected chi connectivity index (χ3v) is 3.71. The third-order valence-electron chi connectivity index (χ3n) is 3.71. The van der Waals surface area contributed by atoms with Gasteiger partial charge in [0.1, 0.15) is 22.8 Å². The fourth-order valence-corrected chi connectivity index (χ4v) is 2.35. The zero-order valence-electron chi connectivity index (χ0n) is 14.2. The van der Waals surface area contributed by atoms with E-state index in [2.05, 4.69) is 5.32 Å². The van der Waals surface area contributed by atoms with Gasteiger partial charge in [-0.1, -0.05) is 0 Å². The summed E-state index contributed by atoms with van der Waals surface area (Å²) in [5.41, 5.74) is -2.18. The number of carbonyl (C=O) groups excluding carboxylic acids is 1. The Labute approximate surface area is 146 Å². The number of halogens is 3. The van der Waals surface area contributed by atoms with E-state index in [-0.39, 0.29) is 0 Å². The zero-order valence-corrected chi connectivity index (χ0v) is 14.2. The molecule has 0 saturated carbocycles. The minimum absolute atomic E-state index is 0.424. The van der Waals surface area contributed by atoms with Crippen molar-refractivity contribution in [3.8, 4) is 11.5 Å². The summed E-state index contributed by atoms with van der Waals surface area (Å²) >= 11 is 0. The van der Waals surface area contributed by atoms with Gasteiger partial charge in [-0.25, -0.2) is 0 Å². The van der Waals surface area contributed by atoms with Crippen LogP contribution in [0.15, 0.2) is 35.1 Å². The fourth-order valence-electron chi connectivity index (χ4n) is 2.35. The van der Waals surface area contributed by atoms with Crippen LogP contribution < -0.4 is 20.3 Å². The molecule has 0 saturated heterocycles. The molecule has 1 amide bonds. The molecule has 26 heavy (non-hydrogen) atoms. The van der Waals surface area contributed by atoms with Gasteiger partial charge in [-0.2, -0.15) is 13.2 Å². The molecule has 0 fully saturated rings. The van der Waals surface area contributed by atoms with E-state index in [1.165, 1.54) is 14.2 Å². The molecule has 140 valence electrons. The number of aromatic amines is 1. The van der Waals surface area contributed by atoms with E-state index in [0.29, 0.717) is 23.1 Å². The van der Waals surface area contributed by atoms with E-state index in [1.807, 2.05) is 0 Å². The Morgan fingerprint density at radius 3 is 2.38 bits per heavy atom. The molecule has 2 aromatic rings. The summed E-state index contributed by atoms with van der Waals surface area (Å²) in [6.07, 6.45) is -4.70. The number of pyridine rings is 1. The monoisotopic (exact) mass is 370 g/mol. The molecule has 0 aliphatic heterocycles. The number of alkyl halides is 3. The maximum Gasteiger partial charge on any atom is 0.431 e. The van der Waals surface area contributed by atoms with Crippen LogP contribution in [0.3, 0.4) is 0 Å². The molecular formula is C17H17F3N2O4. The first kappa shape index (κ1) is 19.4. The van der Waals surface area contributed by atoms with E-state index in [4.69, 9.17) is 9.47 Å². The topological polar surface area (TPSA) is 80.4 Å². The van der Waals surface area contributed by atoms with Crippen LogP contribution in [0.5, 0.6) is 11.5 Å². The number of hydrogen-bond donors (Lipinski definition) is 2. The highest BCUT2D eigenvalue weighted by atomic mass is 19.4. The molecule has 1 aromatic heterocycles. The van der Waals surface area contributed by atoms with E-state index in [0.717, 1.165) is 6.07 Å². The van der Waals surface area contributed by atoms with Gasteiger partial charge in [-0.3, -0.25) is 9.59 Å². The van der Waals surface area contributed by atoms with Gasteiger partial charge in [-0.05, 0) is 37.3 Å². The van der Waals surface area contributed by atoms with Crippen LogP contribution in [0.4, 0.5) is 13.2 Å². The van der Waals surface area contributed by atoms with E-state index in [1.54, 1.807) is 30.1 Å². The Balaban J connectivity index is 2.26. The molecule has 0 bridgehead atoms. The van der Waals surface area contributed by atoms with Crippen molar-refractivity contribution >= 4 is 5.91 Å². The molecule has 0 aliphatic carbocycles. The van der Waals surface area contributed by atoms with Crippen LogP contribution in [-0.4, -0.2) is 25.1 Å². The maximum absolute atomic E-state index is 12.6. The predicted molar refractivity (Wildman–Crippen MR) is 87.5 cm³/mol. The number of H-pyrrole nitrogens is 1. The average molecular weight is 370 g/mol. The van der Waals surface area contributed by atoms with Gasteiger partial charge in [0, 0.05) is 5.56 Å². The first-order valence-electron chi connectivity index (χ1n) is 7.50. The number of nitrogens with one attached hydrogen (secondary N) is 2. The van der Waals surface area contributed by atoms with Crippen molar-refractivity contribution in [2.75, 3.05) is 14.2 Å². The lowest BCUT2D eigenvalue weighted by atomic mass is 10.1. The van der Waals surface area contributed by atoms with E-state index < -0.39 is 34.9 Å². The molecule has 1 atom stereocenters. The van der Waals surface area contributed by atoms with Crippen LogP contribution in [0.2, 0.25) is 0 Å². The minimum atomic E-state index is -4.70. The predicted octanol–water partition coefficient (Wildman–Crippen LogP) is 2.90. The maximum atomic E-state index is 12.6. The number of aromatic nitrogens is 1. The largest absolute Gasteiger partial charge is 0.497 e. The fraction of sp³-hybridized carbons (Fsp3) is 0.294. The van der Waals surface area contributed by atoms with Crippen LogP contribution >= 0.6 is 0 Å². The second-order valence-corrected chi connectivity index (χ2v) is 5.42. The van der Waals surface area contributed by atoms with Crippen molar-refractivity contribution in [1.82, 2.24) is 10.3 Å². The Hall–Kier alpha value is -2.97. The van der Waals surface area contributed by atoms with E-state index in [9.17, 15) is 22.8 Å². The SMILES string of the molecule is COc1ccc(OC)c([C@@H](C)NC(=O)c2ccc(C(F)(F)F)[nH]c2=O)c1. The number of amides is 1. The van der Waals surface area contributed by atoms with Crippen LogP contribution in [0.1, 0.15) is 34.6 Å². The summed E-state index contributed by atoms with van der Waals surface area (Å²) in [4.78, 5) is 25.8. The normalized spacial score (nSPS) is 12.4. The van der Waals surface area contributed by atoms with Gasteiger partial charge >= 0.3 is 6.18 Å². The summed E-state index contributed by atoms with van der Waals surface area (Å²) in [6.45, 7) is 1.65. The number of benzene rings is 1. The minimum Gasteiger partial charge on any atom is -0.497 e. The van der Waals surface area contributed by atoms with Gasteiger partial charge in [0.05, 0.1) is 20.3 Å². The molecule has 0 radical (unpaired) electrons. The van der Waals surface area contributed by atoms with Crippen molar-refractivity contribution in [2.24, 2.45) is 0 Å². The second kappa shape index (κ2) is 7.51. The van der Waals surface area contributed by atoms with Gasteiger partial charge in [0.15, 0.2) is 0 Å². The molecule has 9 heteroatoms. The number of hydrogen-bond acceptors (Lipinski definition) is 4. The lowest BCUT2D eigenvalue weighted by molar-refractivity contribution is -0.141. The molecule has 0 unspecified atom stereocenters. The number of rotatable bonds is 5. The Morgan fingerprint density at radius 2 is 1.85 bits per heavy atom. The van der Waals surface area contributed by atoms with Crippen molar-refractivity contribution in [2.45, 2.75) is 19.1 Å².